The van der Waals surface area contributed by atoms with Crippen LogP contribution in [0.1, 0.15) is 27.7 Å². The Hall–Kier alpha value is 0.200. The normalized spacial score (nSPS) is 10.7. The van der Waals surface area contributed by atoms with Gasteiger partial charge >= 0.3 is 0 Å². The maximum atomic E-state index is 5.17. The summed E-state index contributed by atoms with van der Waals surface area (Å²) >= 11 is 5.99. The molecule has 0 radical (unpaired) electrons. The fourth-order valence-corrected chi connectivity index (χ4v) is 1.16. The molecule has 2 nitrogen and oxygen atoms in total. The quantitative estimate of drug-likeness (QED) is 0.508. The van der Waals surface area contributed by atoms with Crippen LogP contribution in [0.4, 0.5) is 0 Å². The van der Waals surface area contributed by atoms with E-state index in [9.17, 15) is 0 Å². The fourth-order valence-electron chi connectivity index (χ4n) is 0.348. The highest BCUT2D eigenvalue weighted by molar-refractivity contribution is 8.19. The van der Waals surface area contributed by atoms with E-state index in [0.717, 1.165) is 12.0 Å². The van der Waals surface area contributed by atoms with Gasteiger partial charge in [-0.15, -0.1) is 0 Å². The zero-order valence-electron chi connectivity index (χ0n) is 7.29. The van der Waals surface area contributed by atoms with Crippen LogP contribution in [-0.4, -0.2) is 16.6 Å². The maximum Gasteiger partial charge on any atom is 0.247 e. The Kier molecular flexibility index (Phi) is 5.91. The van der Waals surface area contributed by atoms with Gasteiger partial charge in [0.05, 0.1) is 24.3 Å². The Labute approximate surface area is 77.8 Å². The minimum absolute atomic E-state index is 0.130. The molecule has 0 atom stereocenters. The van der Waals surface area contributed by atoms with Crippen molar-refractivity contribution in [1.29, 1.82) is 0 Å². The van der Waals surface area contributed by atoms with Gasteiger partial charge in [-0.1, -0.05) is 0 Å². The van der Waals surface area contributed by atoms with E-state index in [1.165, 1.54) is 0 Å². The lowest BCUT2D eigenvalue weighted by Gasteiger charge is -2.10. The monoisotopic (exact) mass is 194 g/mol. The third-order valence-corrected chi connectivity index (χ3v) is 1.65. The first-order valence-electron chi connectivity index (χ1n) is 3.56. The molecule has 0 aromatic carbocycles. The second-order valence-electron chi connectivity index (χ2n) is 2.64. The first-order chi connectivity index (χ1) is 5.02. The molecule has 0 N–H and O–H groups in total. The van der Waals surface area contributed by atoms with Crippen LogP contribution >= 0.6 is 24.3 Å². The third kappa shape index (κ3) is 8.10. The largest absolute Gasteiger partial charge is 0.474 e. The summed E-state index contributed by atoms with van der Waals surface area (Å²) in [5.41, 5.74) is 0. The third-order valence-electron chi connectivity index (χ3n) is 0.641. The van der Waals surface area contributed by atoms with Gasteiger partial charge in [-0.05, 0) is 39.9 Å². The summed E-state index contributed by atoms with van der Waals surface area (Å²) in [5, 5.41) is 0. The minimum atomic E-state index is 0.130. The topological polar surface area (TPSA) is 18.5 Å². The van der Waals surface area contributed by atoms with Gasteiger partial charge in [0.15, 0.2) is 0 Å². The highest BCUT2D eigenvalue weighted by Crippen LogP contribution is 2.11. The van der Waals surface area contributed by atoms with Gasteiger partial charge in [0.2, 0.25) is 4.38 Å². The van der Waals surface area contributed by atoms with Crippen molar-refractivity contribution in [3.63, 3.8) is 0 Å². The van der Waals surface area contributed by atoms with E-state index in [0.29, 0.717) is 4.38 Å². The summed E-state index contributed by atoms with van der Waals surface area (Å²) < 4.78 is 10.8. The van der Waals surface area contributed by atoms with Crippen molar-refractivity contribution >= 4 is 28.6 Å². The molecule has 0 bridgehead atoms. The van der Waals surface area contributed by atoms with Gasteiger partial charge in [0, 0.05) is 0 Å². The first kappa shape index (κ1) is 11.2. The van der Waals surface area contributed by atoms with E-state index >= 15 is 0 Å². The van der Waals surface area contributed by atoms with Crippen molar-refractivity contribution in [3.05, 3.63) is 0 Å². The van der Waals surface area contributed by atoms with Gasteiger partial charge in [0.1, 0.15) is 0 Å². The van der Waals surface area contributed by atoms with Crippen LogP contribution in [0, 0.1) is 0 Å². The fraction of sp³-hybridized carbons (Fsp3) is 0.857. The van der Waals surface area contributed by atoms with Crippen molar-refractivity contribution in [2.75, 3.05) is 0 Å². The smallest absolute Gasteiger partial charge is 0.247 e. The van der Waals surface area contributed by atoms with Crippen LogP contribution in [0.25, 0.3) is 0 Å². The zero-order chi connectivity index (χ0) is 8.85. The Morgan fingerprint density at radius 1 is 1.18 bits per heavy atom. The molecule has 0 rings (SSSR count). The van der Waals surface area contributed by atoms with Crippen LogP contribution < -0.4 is 0 Å². The summed E-state index contributed by atoms with van der Waals surface area (Å²) in [4.78, 5) is 0. The van der Waals surface area contributed by atoms with Gasteiger partial charge in [-0.2, -0.15) is 0 Å². The van der Waals surface area contributed by atoms with Crippen molar-refractivity contribution < 1.29 is 8.92 Å². The van der Waals surface area contributed by atoms with Gasteiger partial charge in [-0.3, -0.25) is 0 Å². The molecule has 4 heteroatoms. The molecule has 0 aromatic heterocycles. The van der Waals surface area contributed by atoms with Crippen molar-refractivity contribution in [3.8, 4) is 0 Å². The van der Waals surface area contributed by atoms with Gasteiger partial charge in [-0.25, -0.2) is 0 Å². The Balaban J connectivity index is 3.38. The standard InChI is InChI=1S/C7H14O2S2/c1-5(2)8-7(10)11-9-6(3)4/h5-6H,1-4H3. The molecular formula is C7H14O2S2. The van der Waals surface area contributed by atoms with Crippen molar-refractivity contribution in [2.24, 2.45) is 0 Å². The summed E-state index contributed by atoms with van der Waals surface area (Å²) in [6.07, 6.45) is 0.305. The van der Waals surface area contributed by atoms with E-state index < -0.39 is 0 Å². The summed E-state index contributed by atoms with van der Waals surface area (Å²) in [6, 6.07) is 0. The molecule has 0 aliphatic rings. The molecule has 0 amide bonds. The molecule has 0 saturated carbocycles. The van der Waals surface area contributed by atoms with Crippen LogP contribution in [0.2, 0.25) is 0 Å². The molecular weight excluding hydrogens is 180 g/mol. The SMILES string of the molecule is CC(C)OSC(=S)OC(C)C. The Bertz CT molecular complexity index is 124. The Morgan fingerprint density at radius 3 is 2.09 bits per heavy atom. The predicted molar refractivity (Wildman–Crippen MR) is 52.6 cm³/mol. The molecule has 0 aliphatic carbocycles. The lowest BCUT2D eigenvalue weighted by Crippen LogP contribution is -2.07. The molecule has 11 heavy (non-hydrogen) atoms. The van der Waals surface area contributed by atoms with Crippen LogP contribution in [0.5, 0.6) is 0 Å². The molecule has 0 fully saturated rings. The number of hydrogen-bond acceptors (Lipinski definition) is 4. The van der Waals surface area contributed by atoms with Crippen molar-refractivity contribution in [2.45, 2.75) is 39.9 Å². The minimum Gasteiger partial charge on any atom is -0.474 e. The lowest BCUT2D eigenvalue weighted by molar-refractivity contribution is 0.237. The van der Waals surface area contributed by atoms with Gasteiger partial charge in [0.25, 0.3) is 0 Å². The molecule has 0 aromatic rings. The second kappa shape index (κ2) is 5.80. The number of thiocarbonyl (C=S) groups is 1. The number of hydrogen-bond donors (Lipinski definition) is 0. The first-order valence-corrected chi connectivity index (χ1v) is 4.71. The molecule has 0 spiro atoms. The highest BCUT2D eigenvalue weighted by atomic mass is 32.2. The van der Waals surface area contributed by atoms with E-state index in [-0.39, 0.29) is 12.2 Å². The lowest BCUT2D eigenvalue weighted by atomic mass is 10.5. The molecule has 0 saturated heterocycles. The van der Waals surface area contributed by atoms with Gasteiger partial charge < -0.3 is 8.92 Å². The van der Waals surface area contributed by atoms with Crippen LogP contribution in [0.3, 0.4) is 0 Å². The van der Waals surface area contributed by atoms with E-state index in [2.05, 4.69) is 0 Å². The van der Waals surface area contributed by atoms with Crippen molar-refractivity contribution in [1.82, 2.24) is 0 Å². The number of ether oxygens (including phenoxy) is 1. The van der Waals surface area contributed by atoms with E-state index in [1.807, 2.05) is 27.7 Å². The summed E-state index contributed by atoms with van der Waals surface area (Å²) in [6.45, 7) is 7.76. The van der Waals surface area contributed by atoms with E-state index in [4.69, 9.17) is 21.1 Å². The second-order valence-corrected chi connectivity index (χ2v) is 4.00. The molecule has 66 valence electrons. The average Bonchev–Trinajstić information content (AvgIpc) is 1.82. The zero-order valence-corrected chi connectivity index (χ0v) is 8.92. The number of rotatable bonds is 3. The summed E-state index contributed by atoms with van der Waals surface area (Å²) in [5.74, 6) is 0. The summed E-state index contributed by atoms with van der Waals surface area (Å²) in [7, 11) is 0. The molecule has 0 heterocycles. The van der Waals surface area contributed by atoms with E-state index in [1.54, 1.807) is 0 Å². The molecule has 0 unspecified atom stereocenters. The predicted octanol–water partition coefficient (Wildman–Crippen LogP) is 2.77. The highest BCUT2D eigenvalue weighted by Gasteiger charge is 2.03. The maximum absolute atomic E-state index is 5.17. The van der Waals surface area contributed by atoms with Crippen LogP contribution in [-0.2, 0) is 8.92 Å². The Morgan fingerprint density at radius 2 is 1.73 bits per heavy atom. The molecule has 0 aliphatic heterocycles. The van der Waals surface area contributed by atoms with Crippen LogP contribution in [0.15, 0.2) is 0 Å². The average molecular weight is 194 g/mol.